The molecule has 0 radical (unpaired) electrons. The van der Waals surface area contributed by atoms with Gasteiger partial charge in [-0.1, -0.05) is 54.1 Å². The number of benzene rings is 3. The molecule has 2 amide bonds. The Balaban J connectivity index is 1.65. The van der Waals surface area contributed by atoms with Crippen LogP contribution in [0.3, 0.4) is 0 Å². The second kappa shape index (κ2) is 8.41. The van der Waals surface area contributed by atoms with Crippen LogP contribution in [0.5, 0.6) is 5.75 Å². The van der Waals surface area contributed by atoms with E-state index in [1.807, 2.05) is 61.2 Å². The Morgan fingerprint density at radius 3 is 2.21 bits per heavy atom. The van der Waals surface area contributed by atoms with Gasteiger partial charge in [-0.2, -0.15) is 0 Å². The summed E-state index contributed by atoms with van der Waals surface area (Å²) in [6.07, 6.45) is 0.846. The summed E-state index contributed by atoms with van der Waals surface area (Å²) in [6.45, 7) is 4.54. The van der Waals surface area contributed by atoms with E-state index < -0.39 is 0 Å². The van der Waals surface area contributed by atoms with E-state index in [2.05, 4.69) is 6.07 Å². The maximum Gasteiger partial charge on any atom is 0.282 e. The van der Waals surface area contributed by atoms with E-state index in [1.54, 1.807) is 24.3 Å². The molecular weight excluding hydrogens is 436 g/mol. The molecule has 0 aliphatic carbocycles. The van der Waals surface area contributed by atoms with Crippen LogP contribution < -0.4 is 14.5 Å². The first-order chi connectivity index (χ1) is 16.0. The number of imide groups is 1. The average molecular weight is 459 g/mol. The number of anilines is 2. The number of ether oxygens (including phenoxy) is 1. The minimum atomic E-state index is -0.384. The molecule has 6 heteroatoms. The van der Waals surface area contributed by atoms with Gasteiger partial charge in [0.25, 0.3) is 11.8 Å². The first-order valence-corrected chi connectivity index (χ1v) is 11.3. The van der Waals surface area contributed by atoms with E-state index >= 15 is 0 Å². The summed E-state index contributed by atoms with van der Waals surface area (Å²) in [5.74, 6) is -0.0468. The lowest BCUT2D eigenvalue weighted by atomic mass is 10.0. The quantitative estimate of drug-likeness (QED) is 0.475. The number of halogens is 1. The highest BCUT2D eigenvalue weighted by atomic mass is 35.5. The van der Waals surface area contributed by atoms with Crippen molar-refractivity contribution in [3.05, 3.63) is 94.6 Å². The standard InChI is InChI=1S/C27H23ClN2O3/c1-17(2)33-20-13-11-19(12-14-20)24-25(29-16-15-18-7-3-5-9-22(18)29)27(32)30(26(24)31)23-10-6-4-8-21(23)28/h3-14,17H,15-16H2,1-2H3. The number of para-hydroxylation sites is 2. The summed E-state index contributed by atoms with van der Waals surface area (Å²) in [5, 5.41) is 0.349. The molecule has 33 heavy (non-hydrogen) atoms. The summed E-state index contributed by atoms with van der Waals surface area (Å²) in [6, 6.07) is 22.2. The highest BCUT2D eigenvalue weighted by Crippen LogP contribution is 2.41. The molecule has 0 saturated heterocycles. The molecule has 2 aliphatic rings. The number of hydrogen-bond acceptors (Lipinski definition) is 4. The van der Waals surface area contributed by atoms with Crippen molar-refractivity contribution in [2.45, 2.75) is 26.4 Å². The van der Waals surface area contributed by atoms with E-state index in [0.29, 0.717) is 39.8 Å². The Bertz CT molecular complexity index is 1280. The van der Waals surface area contributed by atoms with Crippen LogP contribution >= 0.6 is 11.6 Å². The topological polar surface area (TPSA) is 49.9 Å². The first kappa shape index (κ1) is 21.3. The average Bonchev–Trinajstić information content (AvgIpc) is 3.33. The highest BCUT2D eigenvalue weighted by molar-refractivity contribution is 6.48. The fourth-order valence-electron chi connectivity index (χ4n) is 4.42. The van der Waals surface area contributed by atoms with Crippen LogP contribution in [0, 0.1) is 0 Å². The van der Waals surface area contributed by atoms with Crippen molar-refractivity contribution < 1.29 is 14.3 Å². The van der Waals surface area contributed by atoms with E-state index in [9.17, 15) is 9.59 Å². The SMILES string of the molecule is CC(C)Oc1ccc(C2=C(N3CCc4ccccc43)C(=O)N(c3ccccc3Cl)C2=O)cc1. The Morgan fingerprint density at radius 1 is 0.848 bits per heavy atom. The number of hydrogen-bond donors (Lipinski definition) is 0. The molecule has 3 aromatic carbocycles. The molecule has 5 nitrogen and oxygen atoms in total. The monoisotopic (exact) mass is 458 g/mol. The molecule has 2 aliphatic heterocycles. The minimum Gasteiger partial charge on any atom is -0.491 e. The second-order valence-electron chi connectivity index (χ2n) is 8.34. The van der Waals surface area contributed by atoms with Gasteiger partial charge < -0.3 is 9.64 Å². The fraction of sp³-hybridized carbons (Fsp3) is 0.185. The molecule has 2 heterocycles. The van der Waals surface area contributed by atoms with Crippen LogP contribution in [-0.4, -0.2) is 24.5 Å². The van der Waals surface area contributed by atoms with E-state index in [1.165, 1.54) is 4.90 Å². The summed E-state index contributed by atoms with van der Waals surface area (Å²) in [5.41, 5.74) is 3.90. The van der Waals surface area contributed by atoms with Crippen molar-refractivity contribution in [3.63, 3.8) is 0 Å². The third kappa shape index (κ3) is 3.68. The van der Waals surface area contributed by atoms with Crippen LogP contribution in [0.1, 0.15) is 25.0 Å². The predicted octanol–water partition coefficient (Wildman–Crippen LogP) is 5.47. The van der Waals surface area contributed by atoms with Gasteiger partial charge >= 0.3 is 0 Å². The maximum atomic E-state index is 13.8. The van der Waals surface area contributed by atoms with Gasteiger partial charge in [-0.25, -0.2) is 4.90 Å². The van der Waals surface area contributed by atoms with Crippen molar-refractivity contribution in [1.82, 2.24) is 0 Å². The van der Waals surface area contributed by atoms with E-state index in [4.69, 9.17) is 16.3 Å². The third-order valence-corrected chi connectivity index (χ3v) is 6.14. The number of nitrogens with zero attached hydrogens (tertiary/aromatic N) is 2. The molecule has 0 N–H and O–H groups in total. The van der Waals surface area contributed by atoms with Gasteiger partial charge in [0.05, 0.1) is 22.4 Å². The van der Waals surface area contributed by atoms with Crippen molar-refractivity contribution >= 4 is 40.4 Å². The lowest BCUT2D eigenvalue weighted by molar-refractivity contribution is -0.120. The summed E-state index contributed by atoms with van der Waals surface area (Å²) in [4.78, 5) is 30.7. The molecule has 3 aromatic rings. The van der Waals surface area contributed by atoms with Gasteiger partial charge in [-0.15, -0.1) is 0 Å². The van der Waals surface area contributed by atoms with E-state index in [-0.39, 0.29) is 17.9 Å². The van der Waals surface area contributed by atoms with Crippen molar-refractivity contribution in [1.29, 1.82) is 0 Å². The largest absolute Gasteiger partial charge is 0.491 e. The van der Waals surface area contributed by atoms with Gasteiger partial charge in [-0.3, -0.25) is 9.59 Å². The zero-order chi connectivity index (χ0) is 23.1. The van der Waals surface area contributed by atoms with Gasteiger partial charge in [-0.05, 0) is 61.7 Å². The zero-order valence-corrected chi connectivity index (χ0v) is 19.2. The second-order valence-corrected chi connectivity index (χ2v) is 8.75. The molecule has 0 saturated carbocycles. The summed E-state index contributed by atoms with van der Waals surface area (Å²) >= 11 is 6.39. The van der Waals surface area contributed by atoms with Gasteiger partial charge in [0.1, 0.15) is 11.4 Å². The molecule has 0 aromatic heterocycles. The molecule has 0 atom stereocenters. The molecule has 0 spiro atoms. The molecule has 5 rings (SSSR count). The Labute approximate surface area is 197 Å². The lowest BCUT2D eigenvalue weighted by Gasteiger charge is -2.22. The molecule has 0 unspecified atom stereocenters. The predicted molar refractivity (Wildman–Crippen MR) is 131 cm³/mol. The van der Waals surface area contributed by atoms with Crippen molar-refractivity contribution in [3.8, 4) is 5.75 Å². The normalized spacial score (nSPS) is 15.6. The zero-order valence-electron chi connectivity index (χ0n) is 18.4. The number of fused-ring (bicyclic) bond motifs is 1. The highest BCUT2D eigenvalue weighted by Gasteiger charge is 2.44. The van der Waals surface area contributed by atoms with Crippen molar-refractivity contribution in [2.75, 3.05) is 16.3 Å². The summed E-state index contributed by atoms with van der Waals surface area (Å²) < 4.78 is 5.75. The van der Waals surface area contributed by atoms with Crippen LogP contribution in [-0.2, 0) is 16.0 Å². The maximum absolute atomic E-state index is 13.8. The molecule has 166 valence electrons. The molecule has 0 fully saturated rings. The Morgan fingerprint density at radius 2 is 1.52 bits per heavy atom. The smallest absolute Gasteiger partial charge is 0.282 e. The Hall–Kier alpha value is -3.57. The van der Waals surface area contributed by atoms with Crippen LogP contribution in [0.4, 0.5) is 11.4 Å². The first-order valence-electron chi connectivity index (χ1n) is 11.0. The number of carbonyl (C=O) groups excluding carboxylic acids is 2. The number of carbonyl (C=O) groups is 2. The van der Waals surface area contributed by atoms with Gasteiger partial charge in [0.2, 0.25) is 0 Å². The van der Waals surface area contributed by atoms with Crippen LogP contribution in [0.25, 0.3) is 5.57 Å². The van der Waals surface area contributed by atoms with Crippen molar-refractivity contribution in [2.24, 2.45) is 0 Å². The Kier molecular flexibility index (Phi) is 5.43. The van der Waals surface area contributed by atoms with Crippen LogP contribution in [0.2, 0.25) is 5.02 Å². The van der Waals surface area contributed by atoms with E-state index in [0.717, 1.165) is 17.7 Å². The minimum absolute atomic E-state index is 0.0390. The number of amides is 2. The molecular formula is C27H23ClN2O3. The fourth-order valence-corrected chi connectivity index (χ4v) is 4.64. The van der Waals surface area contributed by atoms with Crippen LogP contribution in [0.15, 0.2) is 78.5 Å². The van der Waals surface area contributed by atoms with Gasteiger partial charge in [0, 0.05) is 12.2 Å². The third-order valence-electron chi connectivity index (χ3n) is 5.82. The lowest BCUT2D eigenvalue weighted by Crippen LogP contribution is -2.35. The molecule has 0 bridgehead atoms. The van der Waals surface area contributed by atoms with Gasteiger partial charge in [0.15, 0.2) is 0 Å². The summed E-state index contributed by atoms with van der Waals surface area (Å²) in [7, 11) is 0. The number of rotatable bonds is 5.